The molecule has 0 saturated carbocycles. The van der Waals surface area contributed by atoms with Crippen LogP contribution in [-0.4, -0.2) is 41.9 Å². The lowest BCUT2D eigenvalue weighted by Crippen LogP contribution is -2.44. The molecule has 0 aromatic heterocycles. The van der Waals surface area contributed by atoms with Gasteiger partial charge < -0.3 is 15.1 Å². The Morgan fingerprint density at radius 2 is 1.79 bits per heavy atom. The number of nitriles is 1. The van der Waals surface area contributed by atoms with Crippen molar-refractivity contribution in [3.8, 4) is 6.07 Å². The fraction of sp³-hybridized carbons (Fsp3) is 0.200. The number of carbonyl (C=O) groups is 1. The minimum Gasteiger partial charge on any atom is -0.373 e. The van der Waals surface area contributed by atoms with Crippen molar-refractivity contribution in [2.45, 2.75) is 0 Å². The number of nitro benzene ring substituents is 1. The van der Waals surface area contributed by atoms with E-state index in [1.165, 1.54) is 36.5 Å². The number of amides is 1. The highest BCUT2D eigenvalue weighted by Gasteiger charge is 2.20. The molecule has 1 N–H and O–H groups in total. The first-order valence-electron chi connectivity index (χ1n) is 8.89. The zero-order valence-electron chi connectivity index (χ0n) is 15.4. The van der Waals surface area contributed by atoms with E-state index in [-0.39, 0.29) is 22.8 Å². The summed E-state index contributed by atoms with van der Waals surface area (Å²) in [5.74, 6) is -0.999. The number of halogens is 1. The Hall–Kier alpha value is -3.93. The molecule has 29 heavy (non-hydrogen) atoms. The van der Waals surface area contributed by atoms with Crippen molar-refractivity contribution in [1.29, 1.82) is 5.26 Å². The molecule has 1 fully saturated rings. The Bertz CT molecular complexity index is 976. The summed E-state index contributed by atoms with van der Waals surface area (Å²) in [6, 6.07) is 13.8. The lowest BCUT2D eigenvalue weighted by atomic mass is 10.2. The molecule has 1 amide bonds. The molecule has 2 aromatic rings. The summed E-state index contributed by atoms with van der Waals surface area (Å²) in [4.78, 5) is 26.8. The highest BCUT2D eigenvalue weighted by Crippen LogP contribution is 2.24. The van der Waals surface area contributed by atoms with Crippen LogP contribution in [0.3, 0.4) is 0 Å². The summed E-state index contributed by atoms with van der Waals surface area (Å²) in [7, 11) is 0. The molecule has 1 saturated heterocycles. The number of anilines is 2. The minimum atomic E-state index is -0.706. The van der Waals surface area contributed by atoms with E-state index in [4.69, 9.17) is 0 Å². The Labute approximate surface area is 166 Å². The van der Waals surface area contributed by atoms with Gasteiger partial charge in [0.1, 0.15) is 23.1 Å². The maximum absolute atomic E-state index is 13.1. The molecule has 148 valence electrons. The van der Waals surface area contributed by atoms with E-state index in [9.17, 15) is 24.6 Å². The van der Waals surface area contributed by atoms with Crippen LogP contribution in [0.4, 0.5) is 21.5 Å². The van der Waals surface area contributed by atoms with Crippen molar-refractivity contribution in [3.63, 3.8) is 0 Å². The molecular weight excluding hydrogens is 377 g/mol. The summed E-state index contributed by atoms with van der Waals surface area (Å²) < 4.78 is 13.1. The average Bonchev–Trinajstić information content (AvgIpc) is 2.73. The third kappa shape index (κ3) is 4.87. The lowest BCUT2D eigenvalue weighted by molar-refractivity contribution is -0.383. The quantitative estimate of drug-likeness (QED) is 0.361. The van der Waals surface area contributed by atoms with Crippen molar-refractivity contribution in [2.75, 3.05) is 36.4 Å². The Morgan fingerprint density at radius 1 is 1.14 bits per heavy atom. The average molecular weight is 395 g/mol. The number of para-hydroxylation sites is 2. The van der Waals surface area contributed by atoms with Crippen LogP contribution in [0.2, 0.25) is 0 Å². The summed E-state index contributed by atoms with van der Waals surface area (Å²) in [6.07, 6.45) is 1.46. The highest BCUT2D eigenvalue weighted by atomic mass is 19.1. The van der Waals surface area contributed by atoms with Crippen LogP contribution in [0, 0.1) is 27.3 Å². The van der Waals surface area contributed by atoms with Crippen LogP contribution in [-0.2, 0) is 4.79 Å². The predicted octanol–water partition coefficient (Wildman–Crippen LogP) is 2.90. The Kier molecular flexibility index (Phi) is 6.04. The Balaban J connectivity index is 1.65. The van der Waals surface area contributed by atoms with Gasteiger partial charge in [0.05, 0.1) is 4.92 Å². The van der Waals surface area contributed by atoms with Crippen molar-refractivity contribution in [2.24, 2.45) is 0 Å². The number of hydrogen-bond donors (Lipinski definition) is 1. The lowest BCUT2D eigenvalue weighted by Gasteiger charge is -2.35. The van der Waals surface area contributed by atoms with E-state index >= 15 is 0 Å². The second-order valence-corrected chi connectivity index (χ2v) is 6.38. The standard InChI is InChI=1S/C20H18FN5O3/c21-16-5-7-17(8-6-16)25-11-9-24(10-12-25)14-15(13-22)20(27)23-18-3-1-2-4-19(18)26(28)29/h1-8,14H,9-12H2,(H,23,27)/b15-14-. The minimum absolute atomic E-state index is 0.0322. The van der Waals surface area contributed by atoms with E-state index in [1.807, 2.05) is 11.0 Å². The van der Waals surface area contributed by atoms with Crippen molar-refractivity contribution in [1.82, 2.24) is 4.90 Å². The number of carbonyl (C=O) groups excluding carboxylic acids is 1. The molecule has 2 aromatic carbocycles. The van der Waals surface area contributed by atoms with Gasteiger partial charge in [0.2, 0.25) is 0 Å². The largest absolute Gasteiger partial charge is 0.373 e. The molecule has 0 unspecified atom stereocenters. The van der Waals surface area contributed by atoms with Crippen LogP contribution < -0.4 is 10.2 Å². The van der Waals surface area contributed by atoms with Gasteiger partial charge in [0.25, 0.3) is 11.6 Å². The van der Waals surface area contributed by atoms with Crippen molar-refractivity contribution >= 4 is 23.0 Å². The molecule has 0 atom stereocenters. The van der Waals surface area contributed by atoms with E-state index in [0.29, 0.717) is 26.2 Å². The number of benzene rings is 2. The number of hydrogen-bond acceptors (Lipinski definition) is 6. The molecule has 3 rings (SSSR count). The molecule has 1 heterocycles. The zero-order valence-corrected chi connectivity index (χ0v) is 15.4. The highest BCUT2D eigenvalue weighted by molar-refractivity contribution is 6.07. The number of rotatable bonds is 5. The van der Waals surface area contributed by atoms with Crippen LogP contribution in [0.25, 0.3) is 0 Å². The van der Waals surface area contributed by atoms with Gasteiger partial charge >= 0.3 is 0 Å². The van der Waals surface area contributed by atoms with Gasteiger partial charge in [-0.1, -0.05) is 12.1 Å². The Morgan fingerprint density at radius 3 is 2.41 bits per heavy atom. The van der Waals surface area contributed by atoms with Gasteiger partial charge in [-0.05, 0) is 30.3 Å². The maximum Gasteiger partial charge on any atom is 0.292 e. The predicted molar refractivity (Wildman–Crippen MR) is 106 cm³/mol. The van der Waals surface area contributed by atoms with Gasteiger partial charge in [-0.3, -0.25) is 14.9 Å². The third-order valence-electron chi connectivity index (χ3n) is 4.53. The number of nitrogens with zero attached hydrogens (tertiary/aromatic N) is 4. The fourth-order valence-corrected chi connectivity index (χ4v) is 3.01. The molecule has 8 nitrogen and oxygen atoms in total. The van der Waals surface area contributed by atoms with Gasteiger partial charge in [-0.2, -0.15) is 5.26 Å². The molecular formula is C20H18FN5O3. The van der Waals surface area contributed by atoms with Crippen LogP contribution in [0.1, 0.15) is 0 Å². The first kappa shape index (κ1) is 19.8. The molecule has 0 spiro atoms. The van der Waals surface area contributed by atoms with Crippen molar-refractivity contribution in [3.05, 3.63) is 76.2 Å². The van der Waals surface area contributed by atoms with Crippen LogP contribution in [0.5, 0.6) is 0 Å². The van der Waals surface area contributed by atoms with E-state index < -0.39 is 10.8 Å². The maximum atomic E-state index is 13.1. The van der Waals surface area contributed by atoms with E-state index in [1.54, 1.807) is 18.2 Å². The second kappa shape index (κ2) is 8.84. The fourth-order valence-electron chi connectivity index (χ4n) is 3.01. The second-order valence-electron chi connectivity index (χ2n) is 6.38. The molecule has 0 bridgehead atoms. The first-order valence-corrected chi connectivity index (χ1v) is 8.89. The SMILES string of the molecule is N#C/C(=C/N1CCN(c2ccc(F)cc2)CC1)C(=O)Nc1ccccc1[N+](=O)[O-]. The first-order chi connectivity index (χ1) is 14.0. The van der Waals surface area contributed by atoms with Crippen molar-refractivity contribution < 1.29 is 14.1 Å². The zero-order chi connectivity index (χ0) is 20.8. The molecule has 1 aliphatic heterocycles. The van der Waals surface area contributed by atoms with Gasteiger partial charge in [-0.25, -0.2) is 4.39 Å². The number of piperazine rings is 1. The molecule has 0 radical (unpaired) electrons. The van der Waals surface area contributed by atoms with Gasteiger partial charge in [0, 0.05) is 44.1 Å². The van der Waals surface area contributed by atoms with Gasteiger partial charge in [0.15, 0.2) is 0 Å². The normalized spacial score (nSPS) is 14.3. The monoisotopic (exact) mass is 395 g/mol. The third-order valence-corrected chi connectivity index (χ3v) is 4.53. The molecule has 0 aliphatic carbocycles. The number of nitrogens with one attached hydrogen (secondary N) is 1. The van der Waals surface area contributed by atoms with Crippen LogP contribution >= 0.6 is 0 Å². The number of nitro groups is 1. The summed E-state index contributed by atoms with van der Waals surface area (Å²) in [5.41, 5.74) is 0.555. The van der Waals surface area contributed by atoms with E-state index in [2.05, 4.69) is 10.2 Å². The summed E-state index contributed by atoms with van der Waals surface area (Å²) in [5, 5.41) is 22.8. The topological polar surface area (TPSA) is 103 Å². The molecule has 9 heteroatoms. The summed E-state index contributed by atoms with van der Waals surface area (Å²) in [6.45, 7) is 2.43. The summed E-state index contributed by atoms with van der Waals surface area (Å²) >= 11 is 0. The smallest absolute Gasteiger partial charge is 0.292 e. The van der Waals surface area contributed by atoms with Gasteiger partial charge in [-0.15, -0.1) is 0 Å². The van der Waals surface area contributed by atoms with E-state index in [0.717, 1.165) is 5.69 Å². The molecule has 1 aliphatic rings. The van der Waals surface area contributed by atoms with Crippen LogP contribution in [0.15, 0.2) is 60.3 Å².